The van der Waals surface area contributed by atoms with Crippen LogP contribution in [0, 0.1) is 0 Å². The van der Waals surface area contributed by atoms with Crippen LogP contribution in [0.5, 0.6) is 0 Å². The molecule has 1 aromatic heterocycles. The van der Waals surface area contributed by atoms with Crippen molar-refractivity contribution in [3.63, 3.8) is 0 Å². The highest BCUT2D eigenvalue weighted by Gasteiger charge is 2.36. The summed E-state index contributed by atoms with van der Waals surface area (Å²) in [7, 11) is -0.365. The van der Waals surface area contributed by atoms with Crippen LogP contribution in [0.2, 0.25) is 18.1 Å². The molecule has 0 unspecified atom stereocenters. The summed E-state index contributed by atoms with van der Waals surface area (Å²) >= 11 is 0. The molecular weight excluding hydrogens is 298 g/mol. The van der Waals surface area contributed by atoms with Crippen molar-refractivity contribution < 1.29 is 18.7 Å². The summed E-state index contributed by atoms with van der Waals surface area (Å²) in [4.78, 5) is 15.3. The van der Waals surface area contributed by atoms with E-state index in [1.54, 1.807) is 12.3 Å². The summed E-state index contributed by atoms with van der Waals surface area (Å²) in [6.07, 6.45) is 1.63. The molecule has 6 heteroatoms. The summed E-state index contributed by atoms with van der Waals surface area (Å²) in [5, 5.41) is 0.209. The quantitative estimate of drug-likeness (QED) is 0.437. The number of rotatable bonds is 7. The number of hydrogen-bond donors (Lipinski definition) is 0. The SMILES string of the molecule is COC(=O)c1ccc(COCCO[Si](C)(C)C(C)(C)C)cn1. The Morgan fingerprint density at radius 1 is 1.23 bits per heavy atom. The lowest BCUT2D eigenvalue weighted by Crippen LogP contribution is -2.41. The van der Waals surface area contributed by atoms with Gasteiger partial charge >= 0.3 is 5.97 Å². The molecule has 0 bridgehead atoms. The van der Waals surface area contributed by atoms with Crippen LogP contribution in [0.15, 0.2) is 18.3 Å². The lowest BCUT2D eigenvalue weighted by molar-refractivity contribution is 0.0593. The summed E-state index contributed by atoms with van der Waals surface area (Å²) < 4.78 is 16.2. The average Bonchev–Trinajstić information content (AvgIpc) is 2.45. The maximum absolute atomic E-state index is 11.3. The third kappa shape index (κ3) is 5.51. The Morgan fingerprint density at radius 3 is 2.41 bits per heavy atom. The molecule has 1 rings (SSSR count). The van der Waals surface area contributed by atoms with Gasteiger partial charge < -0.3 is 13.9 Å². The van der Waals surface area contributed by atoms with Crippen molar-refractivity contribution in [2.75, 3.05) is 20.3 Å². The van der Waals surface area contributed by atoms with Gasteiger partial charge in [-0.25, -0.2) is 9.78 Å². The first-order valence-corrected chi connectivity index (χ1v) is 10.3. The monoisotopic (exact) mass is 325 g/mol. The van der Waals surface area contributed by atoms with Gasteiger partial charge in [0.15, 0.2) is 8.32 Å². The molecule has 1 heterocycles. The third-order valence-electron chi connectivity index (χ3n) is 3.98. The number of esters is 1. The van der Waals surface area contributed by atoms with Crippen molar-refractivity contribution in [3.8, 4) is 0 Å². The zero-order valence-corrected chi connectivity index (χ0v) is 15.4. The largest absolute Gasteiger partial charge is 0.464 e. The van der Waals surface area contributed by atoms with Gasteiger partial charge in [-0.1, -0.05) is 26.8 Å². The lowest BCUT2D eigenvalue weighted by Gasteiger charge is -2.36. The molecule has 0 saturated carbocycles. The highest BCUT2D eigenvalue weighted by molar-refractivity contribution is 6.74. The molecule has 0 spiro atoms. The molecule has 22 heavy (non-hydrogen) atoms. The molecule has 0 aliphatic carbocycles. The molecule has 0 fully saturated rings. The predicted molar refractivity (Wildman–Crippen MR) is 88.4 cm³/mol. The van der Waals surface area contributed by atoms with Crippen molar-refractivity contribution in [1.82, 2.24) is 4.98 Å². The van der Waals surface area contributed by atoms with E-state index in [4.69, 9.17) is 9.16 Å². The Kier molecular flexibility index (Phi) is 6.71. The Morgan fingerprint density at radius 2 is 1.91 bits per heavy atom. The number of hydrogen-bond acceptors (Lipinski definition) is 5. The van der Waals surface area contributed by atoms with E-state index in [1.807, 2.05) is 6.07 Å². The number of carbonyl (C=O) groups is 1. The fraction of sp³-hybridized carbons (Fsp3) is 0.625. The van der Waals surface area contributed by atoms with Crippen LogP contribution < -0.4 is 0 Å². The van der Waals surface area contributed by atoms with Crippen LogP contribution in [-0.2, 0) is 20.5 Å². The topological polar surface area (TPSA) is 57.7 Å². The van der Waals surface area contributed by atoms with Crippen LogP contribution in [0.25, 0.3) is 0 Å². The Labute approximate surface area is 134 Å². The van der Waals surface area contributed by atoms with Gasteiger partial charge in [0.2, 0.25) is 0 Å². The van der Waals surface area contributed by atoms with Crippen LogP contribution in [0.1, 0.15) is 36.8 Å². The van der Waals surface area contributed by atoms with Crippen molar-refractivity contribution >= 4 is 14.3 Å². The molecule has 0 aliphatic rings. The molecule has 0 aliphatic heterocycles. The van der Waals surface area contributed by atoms with Gasteiger partial charge in [0.25, 0.3) is 0 Å². The molecule has 0 atom stereocenters. The van der Waals surface area contributed by atoms with Gasteiger partial charge in [0, 0.05) is 6.20 Å². The minimum atomic E-state index is -1.70. The van der Waals surface area contributed by atoms with Crippen molar-refractivity contribution in [3.05, 3.63) is 29.6 Å². The molecule has 124 valence electrons. The van der Waals surface area contributed by atoms with E-state index < -0.39 is 14.3 Å². The normalized spacial score (nSPS) is 12.3. The Hall–Kier alpha value is -1.24. The van der Waals surface area contributed by atoms with Crippen molar-refractivity contribution in [1.29, 1.82) is 0 Å². The van der Waals surface area contributed by atoms with Crippen molar-refractivity contribution in [2.24, 2.45) is 0 Å². The molecular formula is C16H27NO4Si. The minimum Gasteiger partial charge on any atom is -0.464 e. The first-order valence-electron chi connectivity index (χ1n) is 7.42. The van der Waals surface area contributed by atoms with Gasteiger partial charge in [-0.2, -0.15) is 0 Å². The molecule has 1 aromatic rings. The second-order valence-electron chi connectivity index (χ2n) is 6.70. The molecule has 0 saturated heterocycles. The fourth-order valence-corrected chi connectivity index (χ4v) is 2.52. The van der Waals surface area contributed by atoms with Gasteiger partial charge in [-0.3, -0.25) is 0 Å². The fourth-order valence-electron chi connectivity index (χ4n) is 1.50. The van der Waals surface area contributed by atoms with Crippen LogP contribution in [0.3, 0.4) is 0 Å². The van der Waals surface area contributed by atoms with Crippen molar-refractivity contribution in [2.45, 2.75) is 45.5 Å². The zero-order chi connectivity index (χ0) is 16.8. The number of pyridine rings is 1. The number of nitrogens with zero attached hydrogens (tertiary/aromatic N) is 1. The summed E-state index contributed by atoms with van der Waals surface area (Å²) in [5.41, 5.74) is 1.22. The van der Waals surface area contributed by atoms with E-state index in [-0.39, 0.29) is 5.04 Å². The minimum absolute atomic E-state index is 0.209. The second-order valence-corrected chi connectivity index (χ2v) is 11.5. The number of ether oxygens (including phenoxy) is 2. The second kappa shape index (κ2) is 7.85. The molecule has 0 N–H and O–H groups in total. The van der Waals surface area contributed by atoms with Gasteiger partial charge in [-0.05, 0) is 29.8 Å². The molecule has 0 aromatic carbocycles. The zero-order valence-electron chi connectivity index (χ0n) is 14.4. The Bertz CT molecular complexity index is 480. The van der Waals surface area contributed by atoms with Gasteiger partial charge in [0.05, 0.1) is 26.9 Å². The van der Waals surface area contributed by atoms with Crippen LogP contribution in [0.4, 0.5) is 0 Å². The maximum Gasteiger partial charge on any atom is 0.356 e. The van der Waals surface area contributed by atoms with E-state index in [1.165, 1.54) is 7.11 Å². The Balaban J connectivity index is 2.32. The number of carbonyl (C=O) groups excluding carboxylic acids is 1. The van der Waals surface area contributed by atoms with Gasteiger partial charge in [-0.15, -0.1) is 0 Å². The summed E-state index contributed by atoms with van der Waals surface area (Å²) in [5.74, 6) is -0.435. The standard InChI is InChI=1S/C16H27NO4Si/c1-16(2,3)22(5,6)21-10-9-20-12-13-7-8-14(17-11-13)15(18)19-4/h7-8,11H,9-10,12H2,1-6H3. The first-order chi connectivity index (χ1) is 10.2. The highest BCUT2D eigenvalue weighted by atomic mass is 28.4. The highest BCUT2D eigenvalue weighted by Crippen LogP contribution is 2.36. The van der Waals surface area contributed by atoms with Gasteiger partial charge in [0.1, 0.15) is 5.69 Å². The van der Waals surface area contributed by atoms with E-state index in [9.17, 15) is 4.79 Å². The molecule has 0 radical (unpaired) electrons. The summed E-state index contributed by atoms with van der Waals surface area (Å²) in [6, 6.07) is 3.45. The van der Waals surface area contributed by atoms with Crippen LogP contribution in [-0.4, -0.2) is 39.6 Å². The third-order valence-corrected chi connectivity index (χ3v) is 8.52. The smallest absolute Gasteiger partial charge is 0.356 e. The average molecular weight is 325 g/mol. The van der Waals surface area contributed by atoms with E-state index in [0.29, 0.717) is 25.5 Å². The van der Waals surface area contributed by atoms with E-state index in [2.05, 4.69) is 43.6 Å². The lowest BCUT2D eigenvalue weighted by atomic mass is 10.2. The molecule has 0 amide bonds. The number of aromatic nitrogens is 1. The first kappa shape index (κ1) is 18.8. The maximum atomic E-state index is 11.3. The van der Waals surface area contributed by atoms with E-state index >= 15 is 0 Å². The predicted octanol–water partition coefficient (Wildman–Crippen LogP) is 3.41. The van der Waals surface area contributed by atoms with E-state index in [0.717, 1.165) is 5.56 Å². The molecule has 5 nitrogen and oxygen atoms in total. The number of methoxy groups -OCH3 is 1. The summed E-state index contributed by atoms with van der Waals surface area (Å²) in [6.45, 7) is 12.7. The van der Waals surface area contributed by atoms with Crippen LogP contribution >= 0.6 is 0 Å².